The zero-order valence-electron chi connectivity index (χ0n) is 11.8. The first kappa shape index (κ1) is 14.4. The maximum Gasteiger partial charge on any atom is 0.242 e. The Morgan fingerprint density at radius 1 is 1.38 bits per heavy atom. The van der Waals surface area contributed by atoms with Gasteiger partial charge in [0.25, 0.3) is 0 Å². The third-order valence-corrected chi connectivity index (χ3v) is 4.96. The fourth-order valence-electron chi connectivity index (χ4n) is 2.80. The third kappa shape index (κ3) is 3.06. The largest absolute Gasteiger partial charge is 0.340 e. The van der Waals surface area contributed by atoms with Gasteiger partial charge in [-0.2, -0.15) is 0 Å². The number of nitrogens with two attached hydrogens (primary N) is 1. The normalized spacial score (nSPS) is 22.1. The maximum atomic E-state index is 12.4. The number of carbonyl (C=O) groups is 2. The number of nitrogens with zero attached hydrogens (tertiary/aromatic N) is 2. The molecule has 1 saturated heterocycles. The average molecular weight is 305 g/mol. The third-order valence-electron chi connectivity index (χ3n) is 3.91. The fraction of sp³-hybridized carbons (Fsp3) is 0.467. The number of hydrogen-bond acceptors (Lipinski definition) is 4. The molecule has 0 radical (unpaired) electrons. The van der Waals surface area contributed by atoms with E-state index < -0.39 is 0 Å². The van der Waals surface area contributed by atoms with Crippen LogP contribution in [0.15, 0.2) is 29.2 Å². The van der Waals surface area contributed by atoms with Crippen molar-refractivity contribution in [3.05, 3.63) is 24.3 Å². The van der Waals surface area contributed by atoms with Crippen molar-refractivity contribution in [1.29, 1.82) is 0 Å². The zero-order valence-corrected chi connectivity index (χ0v) is 12.6. The van der Waals surface area contributed by atoms with Gasteiger partial charge in [-0.15, -0.1) is 11.8 Å². The summed E-state index contributed by atoms with van der Waals surface area (Å²) in [6.45, 7) is 1.45. The van der Waals surface area contributed by atoms with Crippen LogP contribution in [-0.2, 0) is 9.59 Å². The van der Waals surface area contributed by atoms with Crippen molar-refractivity contribution in [2.45, 2.75) is 23.8 Å². The molecule has 1 aromatic rings. The second kappa shape index (κ2) is 6.07. The minimum Gasteiger partial charge on any atom is -0.340 e. The van der Waals surface area contributed by atoms with Crippen LogP contribution >= 0.6 is 11.8 Å². The van der Waals surface area contributed by atoms with Gasteiger partial charge in [-0.3, -0.25) is 9.59 Å². The van der Waals surface area contributed by atoms with Crippen LogP contribution in [0.1, 0.15) is 12.8 Å². The van der Waals surface area contributed by atoms with Gasteiger partial charge in [0.05, 0.1) is 11.4 Å². The Bertz CT molecular complexity index is 564. The van der Waals surface area contributed by atoms with Crippen molar-refractivity contribution < 1.29 is 9.59 Å². The van der Waals surface area contributed by atoms with E-state index in [0.29, 0.717) is 12.3 Å². The first-order valence-corrected chi connectivity index (χ1v) is 8.19. The molecule has 2 aliphatic rings. The lowest BCUT2D eigenvalue weighted by Crippen LogP contribution is -2.50. The number of benzene rings is 1. The molecule has 3 rings (SSSR count). The van der Waals surface area contributed by atoms with E-state index in [1.54, 1.807) is 9.80 Å². The van der Waals surface area contributed by atoms with Crippen LogP contribution in [0.5, 0.6) is 0 Å². The number of fused-ring (bicyclic) bond motifs is 1. The molecule has 2 N–H and O–H groups in total. The van der Waals surface area contributed by atoms with Crippen LogP contribution in [0.4, 0.5) is 5.69 Å². The van der Waals surface area contributed by atoms with Gasteiger partial charge in [-0.1, -0.05) is 12.1 Å². The summed E-state index contributed by atoms with van der Waals surface area (Å²) in [5.41, 5.74) is 6.76. The molecule has 1 atom stereocenters. The first-order chi connectivity index (χ1) is 10.1. The van der Waals surface area contributed by atoms with Crippen molar-refractivity contribution in [3.8, 4) is 0 Å². The highest BCUT2D eigenvalue weighted by Crippen LogP contribution is 2.34. The molecule has 6 heteroatoms. The van der Waals surface area contributed by atoms with E-state index in [-0.39, 0.29) is 24.4 Å². The van der Waals surface area contributed by atoms with Gasteiger partial charge in [0.2, 0.25) is 11.8 Å². The summed E-state index contributed by atoms with van der Waals surface area (Å²) in [5, 5.41) is 0. The Morgan fingerprint density at radius 3 is 3.00 bits per heavy atom. The molecule has 0 bridgehead atoms. The topological polar surface area (TPSA) is 66.6 Å². The summed E-state index contributed by atoms with van der Waals surface area (Å²) in [5.74, 6) is 0.373. The fourth-order valence-corrected chi connectivity index (χ4v) is 3.73. The SMILES string of the molecule is NC1CCCN(C(=O)CN2C(=O)CSc3ccccc32)C1. The van der Waals surface area contributed by atoms with Gasteiger partial charge in [0.1, 0.15) is 6.54 Å². The lowest BCUT2D eigenvalue weighted by atomic mass is 10.1. The number of amides is 2. The van der Waals surface area contributed by atoms with Crippen molar-refractivity contribution in [3.63, 3.8) is 0 Å². The monoisotopic (exact) mass is 305 g/mol. The predicted octanol–water partition coefficient (Wildman–Crippen LogP) is 1.08. The quantitative estimate of drug-likeness (QED) is 0.888. The van der Waals surface area contributed by atoms with Crippen LogP contribution in [0.25, 0.3) is 0 Å². The summed E-state index contributed by atoms with van der Waals surface area (Å²) in [6, 6.07) is 7.79. The zero-order chi connectivity index (χ0) is 14.8. The van der Waals surface area contributed by atoms with E-state index in [1.807, 2.05) is 24.3 Å². The van der Waals surface area contributed by atoms with Gasteiger partial charge in [0.15, 0.2) is 0 Å². The molecular formula is C15H19N3O2S. The van der Waals surface area contributed by atoms with Crippen molar-refractivity contribution >= 4 is 29.3 Å². The molecule has 2 amide bonds. The minimum atomic E-state index is -0.0137. The van der Waals surface area contributed by atoms with Crippen LogP contribution in [0, 0.1) is 0 Å². The van der Waals surface area contributed by atoms with E-state index >= 15 is 0 Å². The van der Waals surface area contributed by atoms with Gasteiger partial charge < -0.3 is 15.5 Å². The highest BCUT2D eigenvalue weighted by molar-refractivity contribution is 8.00. The number of rotatable bonds is 2. The van der Waals surface area contributed by atoms with E-state index in [1.165, 1.54) is 11.8 Å². The Kier molecular flexibility index (Phi) is 4.17. The molecule has 1 fully saturated rings. The summed E-state index contributed by atoms with van der Waals surface area (Å²) >= 11 is 1.53. The van der Waals surface area contributed by atoms with E-state index in [9.17, 15) is 9.59 Å². The molecule has 5 nitrogen and oxygen atoms in total. The molecule has 1 unspecified atom stereocenters. The number of para-hydroxylation sites is 1. The van der Waals surface area contributed by atoms with E-state index in [4.69, 9.17) is 5.73 Å². The van der Waals surface area contributed by atoms with Gasteiger partial charge >= 0.3 is 0 Å². The Hall–Kier alpha value is -1.53. The minimum absolute atomic E-state index is 0.00615. The lowest BCUT2D eigenvalue weighted by molar-refractivity contribution is -0.132. The number of carbonyl (C=O) groups excluding carboxylic acids is 2. The second-order valence-corrected chi connectivity index (χ2v) is 6.50. The summed E-state index contributed by atoms with van der Waals surface area (Å²) in [7, 11) is 0. The van der Waals surface area contributed by atoms with Gasteiger partial charge in [0, 0.05) is 24.0 Å². The molecule has 1 aromatic carbocycles. The molecule has 21 heavy (non-hydrogen) atoms. The summed E-state index contributed by atoms with van der Waals surface area (Å²) in [4.78, 5) is 29.0. The Balaban J connectivity index is 1.74. The van der Waals surface area contributed by atoms with E-state index in [2.05, 4.69) is 0 Å². The average Bonchev–Trinajstić information content (AvgIpc) is 2.50. The number of piperidine rings is 1. The summed E-state index contributed by atoms with van der Waals surface area (Å²) < 4.78 is 0. The van der Waals surface area contributed by atoms with Crippen molar-refractivity contribution in [1.82, 2.24) is 4.90 Å². The molecule has 0 saturated carbocycles. The Morgan fingerprint density at radius 2 is 2.19 bits per heavy atom. The second-order valence-electron chi connectivity index (χ2n) is 5.48. The lowest BCUT2D eigenvalue weighted by Gasteiger charge is -2.34. The summed E-state index contributed by atoms with van der Waals surface area (Å²) in [6.07, 6.45) is 1.90. The highest BCUT2D eigenvalue weighted by atomic mass is 32.2. The van der Waals surface area contributed by atoms with E-state index in [0.717, 1.165) is 30.0 Å². The standard InChI is InChI=1S/C15H19N3O2S/c16-11-4-3-7-17(8-11)14(19)9-18-12-5-1-2-6-13(12)21-10-15(18)20/h1-2,5-6,11H,3-4,7-10,16H2. The molecule has 0 spiro atoms. The molecular weight excluding hydrogens is 286 g/mol. The Labute approximate surface area is 128 Å². The first-order valence-electron chi connectivity index (χ1n) is 7.20. The molecule has 112 valence electrons. The van der Waals surface area contributed by atoms with Gasteiger partial charge in [-0.05, 0) is 25.0 Å². The molecule has 0 aliphatic carbocycles. The van der Waals surface area contributed by atoms with Crippen LogP contribution in [0.2, 0.25) is 0 Å². The number of likely N-dealkylation sites (tertiary alicyclic amines) is 1. The smallest absolute Gasteiger partial charge is 0.242 e. The van der Waals surface area contributed by atoms with Crippen LogP contribution in [0.3, 0.4) is 0 Å². The van der Waals surface area contributed by atoms with Crippen LogP contribution in [-0.4, -0.2) is 48.1 Å². The highest BCUT2D eigenvalue weighted by Gasteiger charge is 2.29. The van der Waals surface area contributed by atoms with Crippen LogP contribution < -0.4 is 10.6 Å². The van der Waals surface area contributed by atoms with Crippen molar-refractivity contribution in [2.75, 3.05) is 30.3 Å². The molecule has 2 heterocycles. The maximum absolute atomic E-state index is 12.4. The number of anilines is 1. The number of hydrogen-bond donors (Lipinski definition) is 1. The van der Waals surface area contributed by atoms with Crippen molar-refractivity contribution in [2.24, 2.45) is 5.73 Å². The van der Waals surface area contributed by atoms with Gasteiger partial charge in [-0.25, -0.2) is 0 Å². The number of thioether (sulfide) groups is 1. The molecule has 2 aliphatic heterocycles. The predicted molar refractivity (Wildman–Crippen MR) is 83.3 cm³/mol. The molecule has 0 aromatic heterocycles.